The van der Waals surface area contributed by atoms with Crippen LogP contribution in [-0.4, -0.2) is 22.1 Å². The molecular weight excluding hydrogens is 370 g/mol. The summed E-state index contributed by atoms with van der Waals surface area (Å²) in [6.45, 7) is -0.320. The third kappa shape index (κ3) is 4.15. The van der Waals surface area contributed by atoms with Crippen LogP contribution in [0.1, 0.15) is 21.8 Å². The molecule has 4 nitrogen and oxygen atoms in total. The van der Waals surface area contributed by atoms with Crippen LogP contribution in [0.5, 0.6) is 0 Å². The van der Waals surface area contributed by atoms with Crippen molar-refractivity contribution < 1.29 is 9.72 Å². The van der Waals surface area contributed by atoms with E-state index in [1.165, 1.54) is 0 Å². The standard InChI is InChI=1S/C16H13BrClNO3/c17-15(16(20)12-6-8-13(18)9-7-12)14(10-19(21)22)11-4-2-1-3-5-11/h1-9,14-15H,10H2/t14-,15+/m1/s1. The van der Waals surface area contributed by atoms with E-state index < -0.39 is 15.7 Å². The Bertz CT molecular complexity index is 661. The minimum atomic E-state index is -0.679. The minimum absolute atomic E-state index is 0.202. The van der Waals surface area contributed by atoms with E-state index in [2.05, 4.69) is 15.9 Å². The second-order valence-electron chi connectivity index (χ2n) is 4.81. The Balaban J connectivity index is 2.28. The summed E-state index contributed by atoms with van der Waals surface area (Å²) < 4.78 is 0. The van der Waals surface area contributed by atoms with E-state index in [9.17, 15) is 14.9 Å². The molecule has 0 spiro atoms. The Hall–Kier alpha value is -1.72. The third-order valence-electron chi connectivity index (χ3n) is 3.31. The molecule has 114 valence electrons. The van der Waals surface area contributed by atoms with E-state index in [-0.39, 0.29) is 12.3 Å². The lowest BCUT2D eigenvalue weighted by molar-refractivity contribution is -0.483. The predicted molar refractivity (Wildman–Crippen MR) is 89.5 cm³/mol. The molecule has 0 amide bonds. The first kappa shape index (κ1) is 16.6. The first-order valence-corrected chi connectivity index (χ1v) is 7.89. The number of carbonyl (C=O) groups is 1. The van der Waals surface area contributed by atoms with Gasteiger partial charge in [-0.15, -0.1) is 0 Å². The Morgan fingerprint density at radius 2 is 1.73 bits per heavy atom. The van der Waals surface area contributed by atoms with E-state index >= 15 is 0 Å². The van der Waals surface area contributed by atoms with Gasteiger partial charge in [0.15, 0.2) is 5.78 Å². The van der Waals surface area contributed by atoms with Crippen molar-refractivity contribution in [3.8, 4) is 0 Å². The first-order chi connectivity index (χ1) is 10.5. The van der Waals surface area contributed by atoms with E-state index in [4.69, 9.17) is 11.6 Å². The molecule has 0 saturated carbocycles. The number of Topliss-reactive ketones (excluding diaryl/α,β-unsaturated/α-hetero) is 1. The van der Waals surface area contributed by atoms with Gasteiger partial charge in [0, 0.05) is 15.5 Å². The fourth-order valence-corrected chi connectivity index (χ4v) is 3.05. The van der Waals surface area contributed by atoms with Crippen LogP contribution in [0, 0.1) is 10.1 Å². The van der Waals surface area contributed by atoms with Gasteiger partial charge in [0.05, 0.1) is 10.7 Å². The zero-order valence-corrected chi connectivity index (χ0v) is 13.8. The van der Waals surface area contributed by atoms with Gasteiger partial charge < -0.3 is 0 Å². The number of carbonyl (C=O) groups excluding carboxylic acids is 1. The van der Waals surface area contributed by atoms with Crippen LogP contribution in [0.3, 0.4) is 0 Å². The maximum atomic E-state index is 12.5. The van der Waals surface area contributed by atoms with E-state index in [1.54, 1.807) is 48.5 Å². The lowest BCUT2D eigenvalue weighted by Gasteiger charge is -2.18. The van der Waals surface area contributed by atoms with Gasteiger partial charge in [-0.25, -0.2) is 0 Å². The molecule has 0 N–H and O–H groups in total. The first-order valence-electron chi connectivity index (χ1n) is 6.59. The molecule has 0 bridgehead atoms. The quantitative estimate of drug-likeness (QED) is 0.323. The SMILES string of the molecule is O=C(c1ccc(Cl)cc1)[C@@H](Br)[C@H](C[N+](=O)[O-])c1ccccc1. The third-order valence-corrected chi connectivity index (χ3v) is 4.61. The van der Waals surface area contributed by atoms with Crippen molar-refractivity contribution in [3.63, 3.8) is 0 Å². The molecule has 2 rings (SSSR count). The molecule has 0 heterocycles. The summed E-state index contributed by atoms with van der Waals surface area (Å²) in [5.41, 5.74) is 1.22. The predicted octanol–water partition coefficient (Wildman–Crippen LogP) is 4.35. The highest BCUT2D eigenvalue weighted by atomic mass is 79.9. The topological polar surface area (TPSA) is 60.2 Å². The van der Waals surface area contributed by atoms with Gasteiger partial charge in [-0.1, -0.05) is 57.9 Å². The zero-order chi connectivity index (χ0) is 16.1. The van der Waals surface area contributed by atoms with Crippen molar-refractivity contribution in [3.05, 3.63) is 80.9 Å². The maximum Gasteiger partial charge on any atom is 0.212 e. The van der Waals surface area contributed by atoms with Crippen molar-refractivity contribution in [1.29, 1.82) is 0 Å². The van der Waals surface area contributed by atoms with Crippen molar-refractivity contribution in [2.24, 2.45) is 0 Å². The van der Waals surface area contributed by atoms with E-state index in [0.717, 1.165) is 5.56 Å². The van der Waals surface area contributed by atoms with Gasteiger partial charge in [-0.2, -0.15) is 0 Å². The van der Waals surface area contributed by atoms with Crippen LogP contribution in [0.25, 0.3) is 0 Å². The highest BCUT2D eigenvalue weighted by Crippen LogP contribution is 2.28. The molecule has 0 aromatic heterocycles. The highest BCUT2D eigenvalue weighted by molar-refractivity contribution is 9.10. The summed E-state index contributed by atoms with van der Waals surface area (Å²) in [6, 6.07) is 15.5. The summed E-state index contributed by atoms with van der Waals surface area (Å²) in [6.07, 6.45) is 0. The number of hydrogen-bond acceptors (Lipinski definition) is 3. The summed E-state index contributed by atoms with van der Waals surface area (Å²) in [5.74, 6) is -0.744. The molecule has 0 aliphatic heterocycles. The van der Waals surface area contributed by atoms with Crippen LogP contribution in [0.2, 0.25) is 5.02 Å². The molecule has 6 heteroatoms. The minimum Gasteiger partial charge on any atom is -0.293 e. The van der Waals surface area contributed by atoms with Crippen LogP contribution in [-0.2, 0) is 0 Å². The van der Waals surface area contributed by atoms with E-state index in [0.29, 0.717) is 10.6 Å². The molecule has 2 aromatic rings. The summed E-state index contributed by atoms with van der Waals surface area (Å²) in [7, 11) is 0. The van der Waals surface area contributed by atoms with Gasteiger partial charge in [0.25, 0.3) is 0 Å². The lowest BCUT2D eigenvalue weighted by Crippen LogP contribution is -2.28. The number of nitrogens with zero attached hydrogens (tertiary/aromatic N) is 1. The van der Waals surface area contributed by atoms with Crippen LogP contribution in [0.15, 0.2) is 54.6 Å². The second kappa shape index (κ2) is 7.51. The molecule has 0 unspecified atom stereocenters. The molecule has 0 aliphatic carbocycles. The number of hydrogen-bond donors (Lipinski definition) is 0. The lowest BCUT2D eigenvalue weighted by atomic mass is 9.91. The number of alkyl halides is 1. The Kier molecular flexibility index (Phi) is 5.69. The number of nitro groups is 1. The van der Waals surface area contributed by atoms with Gasteiger partial charge >= 0.3 is 0 Å². The van der Waals surface area contributed by atoms with Gasteiger partial charge in [-0.3, -0.25) is 14.9 Å². The number of halogens is 2. The molecule has 2 aromatic carbocycles. The normalized spacial score (nSPS) is 13.4. The number of rotatable bonds is 6. The van der Waals surface area contributed by atoms with Gasteiger partial charge in [0.1, 0.15) is 0 Å². The zero-order valence-electron chi connectivity index (χ0n) is 11.5. The molecule has 0 aliphatic rings. The number of ketones is 1. The highest BCUT2D eigenvalue weighted by Gasteiger charge is 2.31. The van der Waals surface area contributed by atoms with Crippen LogP contribution < -0.4 is 0 Å². The maximum absolute atomic E-state index is 12.5. The Labute approximate surface area is 141 Å². The Morgan fingerprint density at radius 1 is 1.14 bits per heavy atom. The summed E-state index contributed by atoms with van der Waals surface area (Å²) in [4.78, 5) is 22.4. The Morgan fingerprint density at radius 3 is 2.27 bits per heavy atom. The number of benzene rings is 2. The molecule has 0 saturated heterocycles. The monoisotopic (exact) mass is 381 g/mol. The second-order valence-corrected chi connectivity index (χ2v) is 6.23. The van der Waals surface area contributed by atoms with Crippen molar-refractivity contribution in [2.45, 2.75) is 10.7 Å². The summed E-state index contributed by atoms with van der Waals surface area (Å²) >= 11 is 9.15. The fourth-order valence-electron chi connectivity index (χ4n) is 2.18. The molecule has 0 fully saturated rings. The molecule has 2 atom stereocenters. The van der Waals surface area contributed by atoms with E-state index in [1.807, 2.05) is 6.07 Å². The van der Waals surface area contributed by atoms with Crippen LogP contribution in [0.4, 0.5) is 0 Å². The van der Waals surface area contributed by atoms with Crippen molar-refractivity contribution >= 4 is 33.3 Å². The molecule has 22 heavy (non-hydrogen) atoms. The molecule has 0 radical (unpaired) electrons. The fraction of sp³-hybridized carbons (Fsp3) is 0.188. The summed E-state index contributed by atoms with van der Waals surface area (Å²) in [5, 5.41) is 11.5. The average molecular weight is 383 g/mol. The largest absolute Gasteiger partial charge is 0.293 e. The van der Waals surface area contributed by atoms with Gasteiger partial charge in [-0.05, 0) is 29.8 Å². The molecular formula is C16H13BrClNO3. The van der Waals surface area contributed by atoms with Crippen molar-refractivity contribution in [1.82, 2.24) is 0 Å². The van der Waals surface area contributed by atoms with Gasteiger partial charge in [0.2, 0.25) is 6.54 Å². The van der Waals surface area contributed by atoms with Crippen molar-refractivity contribution in [2.75, 3.05) is 6.54 Å². The average Bonchev–Trinajstić information content (AvgIpc) is 2.52. The van der Waals surface area contributed by atoms with Crippen LogP contribution >= 0.6 is 27.5 Å². The smallest absolute Gasteiger partial charge is 0.212 e.